The van der Waals surface area contributed by atoms with Crippen LogP contribution >= 0.6 is 0 Å². The Hall–Kier alpha value is -3.80. The van der Waals surface area contributed by atoms with Crippen LogP contribution in [-0.4, -0.2) is 15.7 Å². The number of aromatic nitrogens is 2. The molecule has 0 atom stereocenters. The molecule has 4 aromatic rings. The van der Waals surface area contributed by atoms with Gasteiger partial charge < -0.3 is 5.32 Å². The molecule has 1 aromatic heterocycles. The van der Waals surface area contributed by atoms with Gasteiger partial charge in [-0.25, -0.2) is 9.07 Å². The van der Waals surface area contributed by atoms with E-state index in [0.717, 1.165) is 5.56 Å². The molecule has 5 nitrogen and oxygen atoms in total. The predicted molar refractivity (Wildman–Crippen MR) is 106 cm³/mol. The molecule has 0 saturated heterocycles. The summed E-state index contributed by atoms with van der Waals surface area (Å²) in [6.07, 6.45) is 0. The minimum atomic E-state index is -0.580. The molecular formula is C22H16FN3O2. The fourth-order valence-electron chi connectivity index (χ4n) is 3.01. The number of fused-ring (bicyclic) bond motifs is 1. The third kappa shape index (κ3) is 3.40. The number of carbonyl (C=O) groups excluding carboxylic acids is 1. The van der Waals surface area contributed by atoms with Crippen molar-refractivity contribution in [2.24, 2.45) is 0 Å². The minimum absolute atomic E-state index is 0.0548. The number of amides is 1. The smallest absolute Gasteiger partial charge is 0.276 e. The van der Waals surface area contributed by atoms with Gasteiger partial charge in [-0.15, -0.1) is 0 Å². The molecule has 1 N–H and O–H groups in total. The van der Waals surface area contributed by atoms with Gasteiger partial charge >= 0.3 is 0 Å². The lowest BCUT2D eigenvalue weighted by atomic mass is 10.1. The predicted octanol–water partition coefficient (Wildman–Crippen LogP) is 3.84. The Labute approximate surface area is 160 Å². The van der Waals surface area contributed by atoms with Crippen LogP contribution in [0.5, 0.6) is 0 Å². The van der Waals surface area contributed by atoms with Crippen molar-refractivity contribution in [2.45, 2.75) is 6.54 Å². The lowest BCUT2D eigenvalue weighted by Gasteiger charge is -2.12. The molecule has 138 valence electrons. The second kappa shape index (κ2) is 7.44. The fourth-order valence-corrected chi connectivity index (χ4v) is 3.01. The van der Waals surface area contributed by atoms with E-state index in [0.29, 0.717) is 10.8 Å². The van der Waals surface area contributed by atoms with Crippen LogP contribution in [0.3, 0.4) is 0 Å². The summed E-state index contributed by atoms with van der Waals surface area (Å²) in [5, 5.41) is 7.63. The summed E-state index contributed by atoms with van der Waals surface area (Å²) in [7, 11) is 0. The van der Waals surface area contributed by atoms with Crippen LogP contribution in [0.25, 0.3) is 10.8 Å². The summed E-state index contributed by atoms with van der Waals surface area (Å²) >= 11 is 0. The molecule has 4 rings (SSSR count). The molecule has 0 aliphatic heterocycles. The first-order valence-corrected chi connectivity index (χ1v) is 8.73. The standard InChI is InChI=1S/C22H16FN3O2/c23-18-12-6-7-13-19(18)24-21(27)20-16-10-4-5-11-17(16)22(28)26(25-20)14-15-8-2-1-3-9-15/h1-13H,14H2,(H,24,27). The molecular weight excluding hydrogens is 357 g/mol. The van der Waals surface area contributed by atoms with Crippen molar-refractivity contribution in [1.29, 1.82) is 0 Å². The number of nitrogens with one attached hydrogen (secondary N) is 1. The summed E-state index contributed by atoms with van der Waals surface area (Å²) in [6, 6.07) is 22.0. The summed E-state index contributed by atoms with van der Waals surface area (Å²) in [6.45, 7) is 0.227. The normalized spacial score (nSPS) is 10.8. The van der Waals surface area contributed by atoms with E-state index >= 15 is 0 Å². The monoisotopic (exact) mass is 373 g/mol. The van der Waals surface area contributed by atoms with E-state index in [9.17, 15) is 14.0 Å². The average Bonchev–Trinajstić information content (AvgIpc) is 2.72. The highest BCUT2D eigenvalue weighted by molar-refractivity contribution is 6.11. The maximum absolute atomic E-state index is 13.9. The van der Waals surface area contributed by atoms with E-state index in [1.807, 2.05) is 30.3 Å². The van der Waals surface area contributed by atoms with E-state index in [4.69, 9.17) is 0 Å². The molecule has 0 bridgehead atoms. The van der Waals surface area contributed by atoms with Gasteiger partial charge in [-0.1, -0.05) is 60.7 Å². The molecule has 1 heterocycles. The number of rotatable bonds is 4. The highest BCUT2D eigenvalue weighted by atomic mass is 19.1. The number of hydrogen-bond acceptors (Lipinski definition) is 3. The number of benzene rings is 3. The van der Waals surface area contributed by atoms with Gasteiger partial charge in [0.25, 0.3) is 11.5 Å². The highest BCUT2D eigenvalue weighted by Crippen LogP contribution is 2.18. The molecule has 0 aliphatic rings. The molecule has 0 unspecified atom stereocenters. The molecule has 3 aromatic carbocycles. The van der Waals surface area contributed by atoms with Crippen LogP contribution in [0.2, 0.25) is 0 Å². The van der Waals surface area contributed by atoms with Gasteiger partial charge in [-0.3, -0.25) is 9.59 Å². The lowest BCUT2D eigenvalue weighted by molar-refractivity contribution is 0.102. The van der Waals surface area contributed by atoms with Gasteiger partial charge in [0.1, 0.15) is 5.82 Å². The number of carbonyl (C=O) groups is 1. The first-order chi connectivity index (χ1) is 13.6. The lowest BCUT2D eigenvalue weighted by Crippen LogP contribution is -2.28. The first-order valence-electron chi connectivity index (χ1n) is 8.73. The second-order valence-corrected chi connectivity index (χ2v) is 6.28. The summed E-state index contributed by atoms with van der Waals surface area (Å²) < 4.78 is 15.2. The van der Waals surface area contributed by atoms with Crippen molar-refractivity contribution < 1.29 is 9.18 Å². The average molecular weight is 373 g/mol. The third-order valence-corrected chi connectivity index (χ3v) is 4.38. The van der Waals surface area contributed by atoms with Gasteiger partial charge in [0, 0.05) is 5.39 Å². The van der Waals surface area contributed by atoms with E-state index < -0.39 is 11.7 Å². The van der Waals surface area contributed by atoms with Crippen LogP contribution in [0, 0.1) is 5.82 Å². The van der Waals surface area contributed by atoms with Crippen molar-refractivity contribution in [3.05, 3.63) is 106 Å². The van der Waals surface area contributed by atoms with Gasteiger partial charge in [0.05, 0.1) is 17.6 Å². The first kappa shape index (κ1) is 17.6. The van der Waals surface area contributed by atoms with Gasteiger partial charge in [0.2, 0.25) is 0 Å². The Kier molecular flexibility index (Phi) is 4.68. The van der Waals surface area contributed by atoms with E-state index in [1.165, 1.54) is 16.8 Å². The quantitative estimate of drug-likeness (QED) is 0.591. The number of para-hydroxylation sites is 1. The minimum Gasteiger partial charge on any atom is -0.318 e. The third-order valence-electron chi connectivity index (χ3n) is 4.38. The van der Waals surface area contributed by atoms with Crippen LogP contribution in [0.1, 0.15) is 16.1 Å². The van der Waals surface area contributed by atoms with Crippen molar-refractivity contribution in [1.82, 2.24) is 9.78 Å². The van der Waals surface area contributed by atoms with Crippen molar-refractivity contribution in [3.8, 4) is 0 Å². The Balaban J connectivity index is 1.81. The van der Waals surface area contributed by atoms with Crippen molar-refractivity contribution >= 4 is 22.4 Å². The zero-order valence-electron chi connectivity index (χ0n) is 14.8. The Morgan fingerprint density at radius 2 is 1.54 bits per heavy atom. The fraction of sp³-hybridized carbons (Fsp3) is 0.0455. The van der Waals surface area contributed by atoms with Crippen molar-refractivity contribution in [3.63, 3.8) is 0 Å². The maximum Gasteiger partial charge on any atom is 0.276 e. The summed E-state index contributed by atoms with van der Waals surface area (Å²) in [5.74, 6) is -1.12. The van der Waals surface area contributed by atoms with Crippen molar-refractivity contribution in [2.75, 3.05) is 5.32 Å². The highest BCUT2D eigenvalue weighted by Gasteiger charge is 2.18. The Morgan fingerprint density at radius 3 is 2.29 bits per heavy atom. The van der Waals surface area contributed by atoms with Crippen LogP contribution in [0.15, 0.2) is 83.7 Å². The number of halogens is 1. The van der Waals surface area contributed by atoms with Crippen LogP contribution < -0.4 is 10.9 Å². The van der Waals surface area contributed by atoms with Gasteiger partial charge in [-0.2, -0.15) is 5.10 Å². The van der Waals surface area contributed by atoms with E-state index in [1.54, 1.807) is 36.4 Å². The zero-order chi connectivity index (χ0) is 19.5. The molecule has 0 radical (unpaired) electrons. The molecule has 0 aliphatic carbocycles. The number of hydrogen-bond donors (Lipinski definition) is 1. The molecule has 6 heteroatoms. The maximum atomic E-state index is 13.9. The number of nitrogens with zero attached hydrogens (tertiary/aromatic N) is 2. The topological polar surface area (TPSA) is 64.0 Å². The molecule has 0 spiro atoms. The second-order valence-electron chi connectivity index (χ2n) is 6.28. The van der Waals surface area contributed by atoms with E-state index in [2.05, 4.69) is 10.4 Å². The van der Waals surface area contributed by atoms with Crippen LogP contribution in [-0.2, 0) is 6.54 Å². The van der Waals surface area contributed by atoms with E-state index in [-0.39, 0.29) is 23.5 Å². The number of anilines is 1. The van der Waals surface area contributed by atoms with Gasteiger partial charge in [0.15, 0.2) is 5.69 Å². The Bertz CT molecular complexity index is 1220. The molecule has 0 fully saturated rings. The summed E-state index contributed by atoms with van der Waals surface area (Å²) in [5.41, 5.74) is 0.711. The summed E-state index contributed by atoms with van der Waals surface area (Å²) in [4.78, 5) is 25.7. The Morgan fingerprint density at radius 1 is 0.893 bits per heavy atom. The molecule has 28 heavy (non-hydrogen) atoms. The molecule has 0 saturated carbocycles. The van der Waals surface area contributed by atoms with Gasteiger partial charge in [-0.05, 0) is 23.8 Å². The SMILES string of the molecule is O=C(Nc1ccccc1F)c1nn(Cc2ccccc2)c(=O)c2ccccc12. The van der Waals surface area contributed by atoms with Crippen LogP contribution in [0.4, 0.5) is 10.1 Å². The molecule has 1 amide bonds. The zero-order valence-corrected chi connectivity index (χ0v) is 14.8. The largest absolute Gasteiger partial charge is 0.318 e.